The summed E-state index contributed by atoms with van der Waals surface area (Å²) in [4.78, 5) is 0. The fourth-order valence-corrected chi connectivity index (χ4v) is 2.09. The summed E-state index contributed by atoms with van der Waals surface area (Å²) in [5.74, 6) is 0.570. The molecule has 0 spiro atoms. The smallest absolute Gasteiger partial charge is 0.417 e. The number of ether oxygens (including phenoxy) is 1. The van der Waals surface area contributed by atoms with Crippen molar-refractivity contribution < 1.29 is 17.9 Å². The topological polar surface area (TPSA) is 35.2 Å². The Balaban J connectivity index is 2.58. The summed E-state index contributed by atoms with van der Waals surface area (Å²) in [6, 6.07) is 10.3. The molecule has 0 radical (unpaired) electrons. The van der Waals surface area contributed by atoms with E-state index in [4.69, 9.17) is 10.5 Å². The quantitative estimate of drug-likeness (QED) is 0.927. The van der Waals surface area contributed by atoms with Gasteiger partial charge in [0.1, 0.15) is 5.75 Å². The van der Waals surface area contributed by atoms with Crippen LogP contribution in [0.3, 0.4) is 0 Å². The van der Waals surface area contributed by atoms with Crippen LogP contribution in [0.2, 0.25) is 0 Å². The van der Waals surface area contributed by atoms with Crippen LogP contribution in [0.1, 0.15) is 11.1 Å². The Morgan fingerprint density at radius 3 is 2.40 bits per heavy atom. The van der Waals surface area contributed by atoms with Crippen LogP contribution in [-0.2, 0) is 12.7 Å². The molecule has 0 unspecified atom stereocenters. The Bertz CT molecular complexity index is 608. The molecule has 0 aliphatic carbocycles. The number of nitrogens with two attached hydrogens (primary N) is 1. The highest BCUT2D eigenvalue weighted by Crippen LogP contribution is 2.37. The second-order valence-corrected chi connectivity index (χ2v) is 4.27. The molecule has 0 aromatic heterocycles. The van der Waals surface area contributed by atoms with Gasteiger partial charge in [0.2, 0.25) is 0 Å². The molecule has 0 heterocycles. The molecule has 0 aliphatic rings. The fraction of sp³-hybridized carbons (Fsp3) is 0.200. The average molecular weight is 281 g/mol. The van der Waals surface area contributed by atoms with Gasteiger partial charge in [0.05, 0.1) is 12.7 Å². The molecular weight excluding hydrogens is 267 g/mol. The van der Waals surface area contributed by atoms with E-state index in [1.54, 1.807) is 24.3 Å². The molecular formula is C15H14F3NO. The summed E-state index contributed by atoms with van der Waals surface area (Å²) in [5.41, 5.74) is 6.21. The normalized spacial score (nSPS) is 11.4. The first-order valence-electron chi connectivity index (χ1n) is 6.01. The first kappa shape index (κ1) is 14.4. The van der Waals surface area contributed by atoms with Crippen molar-refractivity contribution in [1.29, 1.82) is 0 Å². The van der Waals surface area contributed by atoms with Crippen LogP contribution < -0.4 is 10.5 Å². The summed E-state index contributed by atoms with van der Waals surface area (Å²) < 4.78 is 44.2. The number of hydrogen-bond donors (Lipinski definition) is 1. The Morgan fingerprint density at radius 1 is 1.10 bits per heavy atom. The Morgan fingerprint density at radius 2 is 1.80 bits per heavy atom. The standard InChI is InChI=1S/C15H14F3NO/c1-20-14-7-6-10(8-11(14)9-19)12-4-2-3-5-13(12)15(16,17)18/h2-8H,9,19H2,1H3. The van der Waals surface area contributed by atoms with E-state index in [9.17, 15) is 13.2 Å². The van der Waals surface area contributed by atoms with Crippen LogP contribution in [0.15, 0.2) is 42.5 Å². The highest BCUT2D eigenvalue weighted by Gasteiger charge is 2.33. The highest BCUT2D eigenvalue weighted by atomic mass is 19.4. The molecule has 0 atom stereocenters. The predicted octanol–water partition coefficient (Wildman–Crippen LogP) is 3.84. The third kappa shape index (κ3) is 2.77. The number of hydrogen-bond acceptors (Lipinski definition) is 2. The SMILES string of the molecule is COc1ccc(-c2ccccc2C(F)(F)F)cc1CN. The molecule has 2 aromatic carbocycles. The molecule has 0 saturated heterocycles. The van der Waals surface area contributed by atoms with E-state index in [1.807, 2.05) is 0 Å². The van der Waals surface area contributed by atoms with E-state index in [0.29, 0.717) is 16.9 Å². The van der Waals surface area contributed by atoms with Crippen LogP contribution in [0, 0.1) is 0 Å². The van der Waals surface area contributed by atoms with Crippen molar-refractivity contribution in [1.82, 2.24) is 0 Å². The molecule has 0 aliphatic heterocycles. The first-order valence-corrected chi connectivity index (χ1v) is 6.01. The average Bonchev–Trinajstić information content (AvgIpc) is 2.45. The molecule has 2 N–H and O–H groups in total. The zero-order valence-corrected chi connectivity index (χ0v) is 10.9. The van der Waals surface area contributed by atoms with Gasteiger partial charge in [0.25, 0.3) is 0 Å². The van der Waals surface area contributed by atoms with Crippen LogP contribution >= 0.6 is 0 Å². The zero-order chi connectivity index (χ0) is 14.8. The van der Waals surface area contributed by atoms with E-state index < -0.39 is 11.7 Å². The van der Waals surface area contributed by atoms with Crippen molar-refractivity contribution in [2.75, 3.05) is 7.11 Å². The van der Waals surface area contributed by atoms with Gasteiger partial charge in [-0.3, -0.25) is 0 Å². The first-order chi connectivity index (χ1) is 9.47. The summed E-state index contributed by atoms with van der Waals surface area (Å²) in [7, 11) is 1.50. The van der Waals surface area contributed by atoms with Crippen molar-refractivity contribution in [2.24, 2.45) is 5.73 Å². The molecule has 20 heavy (non-hydrogen) atoms. The van der Waals surface area contributed by atoms with E-state index in [-0.39, 0.29) is 12.1 Å². The Hall–Kier alpha value is -2.01. The van der Waals surface area contributed by atoms with Gasteiger partial charge in [-0.05, 0) is 29.3 Å². The van der Waals surface area contributed by atoms with Crippen molar-refractivity contribution in [3.05, 3.63) is 53.6 Å². The van der Waals surface area contributed by atoms with Crippen LogP contribution in [0.5, 0.6) is 5.75 Å². The third-order valence-corrected chi connectivity index (χ3v) is 3.04. The summed E-state index contributed by atoms with van der Waals surface area (Å²) in [5, 5.41) is 0. The molecule has 2 nitrogen and oxygen atoms in total. The minimum atomic E-state index is -4.39. The molecule has 5 heteroatoms. The number of rotatable bonds is 3. The largest absolute Gasteiger partial charge is 0.496 e. The lowest BCUT2D eigenvalue weighted by Crippen LogP contribution is -2.07. The number of halogens is 3. The lowest BCUT2D eigenvalue weighted by atomic mass is 9.97. The maximum Gasteiger partial charge on any atom is 0.417 e. The molecule has 2 aromatic rings. The lowest BCUT2D eigenvalue weighted by molar-refractivity contribution is -0.137. The van der Waals surface area contributed by atoms with Gasteiger partial charge in [-0.1, -0.05) is 24.3 Å². The Kier molecular flexibility index (Phi) is 3.99. The molecule has 2 rings (SSSR count). The minimum Gasteiger partial charge on any atom is -0.496 e. The zero-order valence-electron chi connectivity index (χ0n) is 10.9. The van der Waals surface area contributed by atoms with Gasteiger partial charge in [0.15, 0.2) is 0 Å². The van der Waals surface area contributed by atoms with Gasteiger partial charge in [-0.2, -0.15) is 13.2 Å². The maximum atomic E-state index is 13.0. The van der Waals surface area contributed by atoms with Crippen molar-refractivity contribution in [3.63, 3.8) is 0 Å². The van der Waals surface area contributed by atoms with Crippen LogP contribution in [0.25, 0.3) is 11.1 Å². The number of alkyl halides is 3. The molecule has 0 amide bonds. The van der Waals surface area contributed by atoms with Crippen molar-refractivity contribution in [3.8, 4) is 16.9 Å². The van der Waals surface area contributed by atoms with Crippen LogP contribution in [-0.4, -0.2) is 7.11 Å². The minimum absolute atomic E-state index is 0.136. The second-order valence-electron chi connectivity index (χ2n) is 4.27. The lowest BCUT2D eigenvalue weighted by Gasteiger charge is -2.14. The van der Waals surface area contributed by atoms with Crippen molar-refractivity contribution in [2.45, 2.75) is 12.7 Å². The molecule has 0 bridgehead atoms. The predicted molar refractivity (Wildman–Crippen MR) is 71.3 cm³/mol. The number of benzene rings is 2. The third-order valence-electron chi connectivity index (χ3n) is 3.04. The highest BCUT2D eigenvalue weighted by molar-refractivity contribution is 5.69. The van der Waals surface area contributed by atoms with Gasteiger partial charge >= 0.3 is 6.18 Å². The maximum absolute atomic E-state index is 13.0. The van der Waals surface area contributed by atoms with E-state index >= 15 is 0 Å². The molecule has 106 valence electrons. The van der Waals surface area contributed by atoms with E-state index in [0.717, 1.165) is 6.07 Å². The van der Waals surface area contributed by atoms with Gasteiger partial charge < -0.3 is 10.5 Å². The van der Waals surface area contributed by atoms with Crippen molar-refractivity contribution >= 4 is 0 Å². The Labute approximate surface area is 115 Å². The summed E-state index contributed by atoms with van der Waals surface area (Å²) in [6.45, 7) is 0.200. The number of methoxy groups -OCH3 is 1. The molecule has 0 saturated carbocycles. The molecule has 0 fully saturated rings. The van der Waals surface area contributed by atoms with Gasteiger partial charge in [-0.25, -0.2) is 0 Å². The monoisotopic (exact) mass is 281 g/mol. The van der Waals surface area contributed by atoms with E-state index in [2.05, 4.69) is 0 Å². The van der Waals surface area contributed by atoms with Gasteiger partial charge in [0, 0.05) is 12.1 Å². The fourth-order valence-electron chi connectivity index (χ4n) is 2.09. The van der Waals surface area contributed by atoms with Crippen LogP contribution in [0.4, 0.5) is 13.2 Å². The summed E-state index contributed by atoms with van der Waals surface area (Å²) >= 11 is 0. The second kappa shape index (κ2) is 5.54. The van der Waals surface area contributed by atoms with E-state index in [1.165, 1.54) is 19.2 Å². The van der Waals surface area contributed by atoms with Gasteiger partial charge in [-0.15, -0.1) is 0 Å². The summed E-state index contributed by atoms with van der Waals surface area (Å²) in [6.07, 6.45) is -4.39.